The first-order chi connectivity index (χ1) is 9.67. The SMILES string of the molecule is Cc1c(C(=O)N(CCO)CC(F)(F)F)cccc1[N+](=O)[O-]. The Morgan fingerprint density at radius 3 is 2.52 bits per heavy atom. The van der Waals surface area contributed by atoms with Gasteiger partial charge in [-0.15, -0.1) is 0 Å². The second kappa shape index (κ2) is 6.53. The maximum atomic E-state index is 12.4. The molecule has 116 valence electrons. The number of nitrogens with zero attached hydrogens (tertiary/aromatic N) is 2. The number of nitro benzene ring substituents is 1. The normalized spacial score (nSPS) is 11.3. The number of alkyl halides is 3. The predicted octanol–water partition coefficient (Wildman–Crippen LogP) is 1.90. The Balaban J connectivity index is 3.15. The van der Waals surface area contributed by atoms with E-state index in [4.69, 9.17) is 5.11 Å². The molecule has 21 heavy (non-hydrogen) atoms. The minimum Gasteiger partial charge on any atom is -0.395 e. The summed E-state index contributed by atoms with van der Waals surface area (Å²) in [6, 6.07) is 3.60. The Hall–Kier alpha value is -2.16. The van der Waals surface area contributed by atoms with Crippen LogP contribution in [0.4, 0.5) is 18.9 Å². The Morgan fingerprint density at radius 2 is 2.05 bits per heavy atom. The van der Waals surface area contributed by atoms with Gasteiger partial charge in [0.15, 0.2) is 0 Å². The molecule has 1 aromatic carbocycles. The topological polar surface area (TPSA) is 83.7 Å². The predicted molar refractivity (Wildman–Crippen MR) is 66.9 cm³/mol. The zero-order valence-corrected chi connectivity index (χ0v) is 11.1. The molecule has 1 rings (SSSR count). The van der Waals surface area contributed by atoms with Crippen molar-refractivity contribution < 1.29 is 28.0 Å². The van der Waals surface area contributed by atoms with Crippen molar-refractivity contribution in [2.75, 3.05) is 19.7 Å². The van der Waals surface area contributed by atoms with Gasteiger partial charge < -0.3 is 10.0 Å². The number of aliphatic hydroxyl groups is 1. The first-order valence-corrected chi connectivity index (χ1v) is 5.88. The zero-order chi connectivity index (χ0) is 16.2. The van der Waals surface area contributed by atoms with Gasteiger partial charge in [-0.2, -0.15) is 13.2 Å². The summed E-state index contributed by atoms with van der Waals surface area (Å²) in [5.74, 6) is -1.01. The third kappa shape index (κ3) is 4.42. The van der Waals surface area contributed by atoms with Crippen LogP contribution in [0.2, 0.25) is 0 Å². The van der Waals surface area contributed by atoms with Crippen LogP contribution in [0.15, 0.2) is 18.2 Å². The van der Waals surface area contributed by atoms with E-state index in [9.17, 15) is 28.1 Å². The molecule has 0 unspecified atom stereocenters. The molecule has 9 heteroatoms. The number of halogens is 3. The molecule has 0 fully saturated rings. The van der Waals surface area contributed by atoms with Crippen molar-refractivity contribution in [3.63, 3.8) is 0 Å². The van der Waals surface area contributed by atoms with E-state index >= 15 is 0 Å². The van der Waals surface area contributed by atoms with Gasteiger partial charge in [-0.1, -0.05) is 6.07 Å². The van der Waals surface area contributed by atoms with Crippen molar-refractivity contribution in [3.05, 3.63) is 39.4 Å². The average molecular weight is 306 g/mol. The van der Waals surface area contributed by atoms with E-state index in [0.29, 0.717) is 4.90 Å². The Labute approximate surface area is 117 Å². The van der Waals surface area contributed by atoms with Gasteiger partial charge in [-0.3, -0.25) is 14.9 Å². The van der Waals surface area contributed by atoms with Crippen LogP contribution in [0.1, 0.15) is 15.9 Å². The molecule has 0 atom stereocenters. The highest BCUT2D eigenvalue weighted by Crippen LogP contribution is 2.24. The standard InChI is InChI=1S/C12H13F3N2O4/c1-8-9(3-2-4-10(8)17(20)21)11(19)16(5-6-18)7-12(13,14)15/h2-4,18H,5-7H2,1H3. The van der Waals surface area contributed by atoms with Crippen LogP contribution in [0.3, 0.4) is 0 Å². The molecule has 1 amide bonds. The number of nitro groups is 1. The van der Waals surface area contributed by atoms with Gasteiger partial charge in [-0.25, -0.2) is 0 Å². The molecule has 0 spiro atoms. The lowest BCUT2D eigenvalue weighted by atomic mass is 10.1. The maximum Gasteiger partial charge on any atom is 0.406 e. The number of carbonyl (C=O) groups excluding carboxylic acids is 1. The van der Waals surface area contributed by atoms with Gasteiger partial charge in [-0.05, 0) is 13.0 Å². The van der Waals surface area contributed by atoms with Crippen LogP contribution in [-0.4, -0.2) is 46.7 Å². The van der Waals surface area contributed by atoms with Crippen LogP contribution in [-0.2, 0) is 0 Å². The molecule has 0 heterocycles. The molecule has 0 bridgehead atoms. The van der Waals surface area contributed by atoms with Gasteiger partial charge in [0.05, 0.1) is 11.5 Å². The van der Waals surface area contributed by atoms with E-state index in [2.05, 4.69) is 0 Å². The molecule has 6 nitrogen and oxygen atoms in total. The number of hydrogen-bond donors (Lipinski definition) is 1. The fourth-order valence-electron chi connectivity index (χ4n) is 1.81. The van der Waals surface area contributed by atoms with Crippen LogP contribution >= 0.6 is 0 Å². The average Bonchev–Trinajstić information content (AvgIpc) is 2.36. The number of amides is 1. The maximum absolute atomic E-state index is 12.4. The largest absolute Gasteiger partial charge is 0.406 e. The van der Waals surface area contributed by atoms with Gasteiger partial charge >= 0.3 is 6.18 Å². The monoisotopic (exact) mass is 306 g/mol. The summed E-state index contributed by atoms with van der Waals surface area (Å²) in [5, 5.41) is 19.6. The van der Waals surface area contributed by atoms with Crippen LogP contribution in [0.25, 0.3) is 0 Å². The summed E-state index contributed by atoms with van der Waals surface area (Å²) in [6.45, 7) is -1.40. The quantitative estimate of drug-likeness (QED) is 0.665. The van der Waals surface area contributed by atoms with Crippen molar-refractivity contribution in [2.24, 2.45) is 0 Å². The summed E-state index contributed by atoms with van der Waals surface area (Å²) < 4.78 is 37.3. The Kier molecular flexibility index (Phi) is 5.25. The van der Waals surface area contributed by atoms with E-state index in [1.165, 1.54) is 19.1 Å². The van der Waals surface area contributed by atoms with E-state index in [-0.39, 0.29) is 16.8 Å². The smallest absolute Gasteiger partial charge is 0.395 e. The fraction of sp³-hybridized carbons (Fsp3) is 0.417. The van der Waals surface area contributed by atoms with Gasteiger partial charge in [0.1, 0.15) is 6.54 Å². The summed E-state index contributed by atoms with van der Waals surface area (Å²) >= 11 is 0. The van der Waals surface area contributed by atoms with Crippen molar-refractivity contribution in [3.8, 4) is 0 Å². The van der Waals surface area contributed by atoms with E-state index in [0.717, 1.165) is 6.07 Å². The summed E-state index contributed by atoms with van der Waals surface area (Å²) in [4.78, 5) is 22.6. The zero-order valence-electron chi connectivity index (χ0n) is 11.1. The molecule has 1 N–H and O–H groups in total. The first kappa shape index (κ1) is 16.9. The summed E-state index contributed by atoms with van der Waals surface area (Å²) in [6.07, 6.45) is -4.63. The lowest BCUT2D eigenvalue weighted by Crippen LogP contribution is -2.41. The third-order valence-corrected chi connectivity index (χ3v) is 2.76. The fourth-order valence-corrected chi connectivity index (χ4v) is 1.81. The van der Waals surface area contributed by atoms with Gasteiger partial charge in [0.25, 0.3) is 11.6 Å². The molecular formula is C12H13F3N2O4. The molecule has 0 aromatic heterocycles. The highest BCUT2D eigenvalue weighted by Gasteiger charge is 2.34. The number of aliphatic hydroxyl groups excluding tert-OH is 1. The molecule has 0 saturated carbocycles. The van der Waals surface area contributed by atoms with Gasteiger partial charge in [0.2, 0.25) is 0 Å². The van der Waals surface area contributed by atoms with Crippen molar-refractivity contribution in [1.29, 1.82) is 0 Å². The molecule has 0 aliphatic carbocycles. The summed E-state index contributed by atoms with van der Waals surface area (Å²) in [5.41, 5.74) is -0.559. The van der Waals surface area contributed by atoms with Gasteiger partial charge in [0, 0.05) is 23.7 Å². The number of rotatable bonds is 5. The van der Waals surface area contributed by atoms with Crippen LogP contribution in [0.5, 0.6) is 0 Å². The lowest BCUT2D eigenvalue weighted by Gasteiger charge is -2.23. The third-order valence-electron chi connectivity index (χ3n) is 2.76. The molecule has 0 saturated heterocycles. The first-order valence-electron chi connectivity index (χ1n) is 5.88. The number of carbonyl (C=O) groups is 1. The number of hydrogen-bond acceptors (Lipinski definition) is 4. The van der Waals surface area contributed by atoms with Crippen molar-refractivity contribution in [1.82, 2.24) is 4.90 Å². The van der Waals surface area contributed by atoms with E-state index in [1.54, 1.807) is 0 Å². The van der Waals surface area contributed by atoms with Crippen LogP contribution < -0.4 is 0 Å². The Bertz CT molecular complexity index is 546. The second-order valence-electron chi connectivity index (χ2n) is 4.27. The summed E-state index contributed by atoms with van der Waals surface area (Å²) in [7, 11) is 0. The molecule has 0 aliphatic heterocycles. The molecule has 0 radical (unpaired) electrons. The minimum absolute atomic E-state index is 0.0161. The molecule has 1 aromatic rings. The lowest BCUT2D eigenvalue weighted by molar-refractivity contribution is -0.385. The van der Waals surface area contributed by atoms with Crippen LogP contribution in [0, 0.1) is 17.0 Å². The number of benzene rings is 1. The van der Waals surface area contributed by atoms with Crippen molar-refractivity contribution in [2.45, 2.75) is 13.1 Å². The van der Waals surface area contributed by atoms with Crippen molar-refractivity contribution >= 4 is 11.6 Å². The Morgan fingerprint density at radius 1 is 1.43 bits per heavy atom. The van der Waals surface area contributed by atoms with E-state index in [1.807, 2.05) is 0 Å². The molecular weight excluding hydrogens is 293 g/mol. The highest BCUT2D eigenvalue weighted by atomic mass is 19.4. The highest BCUT2D eigenvalue weighted by molar-refractivity contribution is 5.96. The second-order valence-corrected chi connectivity index (χ2v) is 4.27. The minimum atomic E-state index is -4.63. The van der Waals surface area contributed by atoms with E-state index < -0.39 is 36.7 Å². The molecule has 0 aliphatic rings.